The minimum atomic E-state index is -0.470. The molecule has 1 aromatic carbocycles. The van der Waals surface area contributed by atoms with Gasteiger partial charge in [-0.1, -0.05) is 17.7 Å². The molecule has 0 aliphatic carbocycles. The Hall–Kier alpha value is -1.43. The standard InChI is InChI=1S/C13H16ClFN4/c1-8(2)19-12(5-6-17-19)13(18-16)10-4-3-9(14)7-11(10)15/h3-8,13,18H,16H2,1-2H3. The third-order valence-corrected chi connectivity index (χ3v) is 3.16. The van der Waals surface area contributed by atoms with Gasteiger partial charge in [0.1, 0.15) is 5.82 Å². The summed E-state index contributed by atoms with van der Waals surface area (Å²) in [7, 11) is 0. The van der Waals surface area contributed by atoms with Crippen LogP contribution in [-0.2, 0) is 0 Å². The summed E-state index contributed by atoms with van der Waals surface area (Å²) in [6.45, 7) is 4.00. The number of nitrogens with one attached hydrogen (secondary N) is 1. The van der Waals surface area contributed by atoms with Gasteiger partial charge in [0, 0.05) is 22.8 Å². The zero-order valence-electron chi connectivity index (χ0n) is 10.8. The Morgan fingerprint density at radius 2 is 2.11 bits per heavy atom. The van der Waals surface area contributed by atoms with Crippen LogP contribution in [0.2, 0.25) is 5.02 Å². The fourth-order valence-electron chi connectivity index (χ4n) is 2.05. The Kier molecular flexibility index (Phi) is 4.19. The highest BCUT2D eigenvalue weighted by atomic mass is 35.5. The molecule has 1 aromatic heterocycles. The van der Waals surface area contributed by atoms with Crippen molar-refractivity contribution in [2.75, 3.05) is 0 Å². The second-order valence-electron chi connectivity index (χ2n) is 4.56. The Balaban J connectivity index is 2.47. The molecule has 0 saturated carbocycles. The first-order chi connectivity index (χ1) is 9.04. The van der Waals surface area contributed by atoms with Gasteiger partial charge in [-0.05, 0) is 32.0 Å². The van der Waals surface area contributed by atoms with Crippen LogP contribution in [0.4, 0.5) is 4.39 Å². The van der Waals surface area contributed by atoms with E-state index in [9.17, 15) is 4.39 Å². The Morgan fingerprint density at radius 3 is 2.68 bits per heavy atom. The average molecular weight is 283 g/mol. The first-order valence-corrected chi connectivity index (χ1v) is 6.37. The molecule has 1 atom stereocenters. The van der Waals surface area contributed by atoms with Crippen LogP contribution >= 0.6 is 11.6 Å². The van der Waals surface area contributed by atoms with Crippen LogP contribution in [0.25, 0.3) is 0 Å². The number of nitrogens with zero attached hydrogens (tertiary/aromatic N) is 2. The van der Waals surface area contributed by atoms with Gasteiger partial charge in [-0.2, -0.15) is 5.10 Å². The van der Waals surface area contributed by atoms with Crippen LogP contribution in [0, 0.1) is 5.82 Å². The number of benzene rings is 1. The van der Waals surface area contributed by atoms with Crippen LogP contribution in [0.5, 0.6) is 0 Å². The van der Waals surface area contributed by atoms with E-state index in [2.05, 4.69) is 10.5 Å². The van der Waals surface area contributed by atoms with Crippen molar-refractivity contribution in [3.8, 4) is 0 Å². The molecule has 0 fully saturated rings. The first kappa shape index (κ1) is 14.0. The predicted octanol–water partition coefficient (Wildman–Crippen LogP) is 2.81. The van der Waals surface area contributed by atoms with E-state index in [1.807, 2.05) is 19.9 Å². The molecule has 102 valence electrons. The van der Waals surface area contributed by atoms with Crippen molar-refractivity contribution in [3.05, 3.63) is 52.6 Å². The van der Waals surface area contributed by atoms with Crippen LogP contribution in [0.3, 0.4) is 0 Å². The maximum atomic E-state index is 14.0. The number of hydrogen-bond donors (Lipinski definition) is 2. The lowest BCUT2D eigenvalue weighted by Gasteiger charge is -2.20. The van der Waals surface area contributed by atoms with Gasteiger partial charge >= 0.3 is 0 Å². The zero-order chi connectivity index (χ0) is 14.0. The summed E-state index contributed by atoms with van der Waals surface area (Å²) in [5.41, 5.74) is 3.88. The second kappa shape index (κ2) is 5.69. The molecule has 2 rings (SSSR count). The van der Waals surface area contributed by atoms with Gasteiger partial charge in [0.25, 0.3) is 0 Å². The molecule has 0 bridgehead atoms. The van der Waals surface area contributed by atoms with Crippen molar-refractivity contribution in [1.29, 1.82) is 0 Å². The van der Waals surface area contributed by atoms with Crippen molar-refractivity contribution in [2.24, 2.45) is 5.84 Å². The number of hydrazine groups is 1. The van der Waals surface area contributed by atoms with E-state index in [4.69, 9.17) is 17.4 Å². The molecule has 19 heavy (non-hydrogen) atoms. The number of aromatic nitrogens is 2. The average Bonchev–Trinajstić information content (AvgIpc) is 2.82. The van der Waals surface area contributed by atoms with Crippen molar-refractivity contribution < 1.29 is 4.39 Å². The summed E-state index contributed by atoms with van der Waals surface area (Å²) in [4.78, 5) is 0. The molecule has 0 aliphatic heterocycles. The first-order valence-electron chi connectivity index (χ1n) is 5.99. The van der Waals surface area contributed by atoms with Gasteiger partial charge in [-0.3, -0.25) is 10.5 Å². The molecule has 0 amide bonds. The highest BCUT2D eigenvalue weighted by Crippen LogP contribution is 2.27. The number of nitrogens with two attached hydrogens (primary N) is 1. The number of rotatable bonds is 4. The lowest BCUT2D eigenvalue weighted by Crippen LogP contribution is -2.31. The van der Waals surface area contributed by atoms with Crippen molar-refractivity contribution >= 4 is 11.6 Å². The minimum absolute atomic E-state index is 0.163. The zero-order valence-corrected chi connectivity index (χ0v) is 11.5. The maximum absolute atomic E-state index is 14.0. The minimum Gasteiger partial charge on any atom is -0.271 e. The summed E-state index contributed by atoms with van der Waals surface area (Å²) in [5.74, 6) is 5.18. The largest absolute Gasteiger partial charge is 0.271 e. The van der Waals surface area contributed by atoms with Crippen molar-refractivity contribution in [2.45, 2.75) is 25.9 Å². The van der Waals surface area contributed by atoms with Gasteiger partial charge in [0.15, 0.2) is 0 Å². The fourth-order valence-corrected chi connectivity index (χ4v) is 2.21. The van der Waals surface area contributed by atoms with Crippen LogP contribution in [0.15, 0.2) is 30.5 Å². The van der Waals surface area contributed by atoms with Crippen LogP contribution in [-0.4, -0.2) is 9.78 Å². The smallest absolute Gasteiger partial charge is 0.129 e. The third kappa shape index (κ3) is 2.78. The van der Waals surface area contributed by atoms with Gasteiger partial charge in [-0.15, -0.1) is 0 Å². The number of hydrogen-bond acceptors (Lipinski definition) is 3. The molecule has 0 saturated heterocycles. The number of halogens is 2. The van der Waals surface area contributed by atoms with Crippen LogP contribution in [0.1, 0.15) is 37.2 Å². The Morgan fingerprint density at radius 1 is 1.37 bits per heavy atom. The fraction of sp³-hybridized carbons (Fsp3) is 0.308. The third-order valence-electron chi connectivity index (χ3n) is 2.93. The molecule has 0 spiro atoms. The van der Waals surface area contributed by atoms with E-state index < -0.39 is 11.9 Å². The summed E-state index contributed by atoms with van der Waals surface area (Å²) >= 11 is 5.76. The van der Waals surface area contributed by atoms with E-state index in [1.165, 1.54) is 6.07 Å². The molecular formula is C13H16ClFN4. The second-order valence-corrected chi connectivity index (χ2v) is 5.00. The van der Waals surface area contributed by atoms with Gasteiger partial charge in [0.05, 0.1) is 11.7 Å². The molecule has 2 aromatic rings. The summed E-state index contributed by atoms with van der Waals surface area (Å²) < 4.78 is 15.8. The summed E-state index contributed by atoms with van der Waals surface area (Å²) in [6.07, 6.45) is 1.67. The van der Waals surface area contributed by atoms with Gasteiger partial charge in [-0.25, -0.2) is 9.82 Å². The van der Waals surface area contributed by atoms with E-state index >= 15 is 0 Å². The van der Waals surface area contributed by atoms with E-state index in [0.717, 1.165) is 5.69 Å². The highest BCUT2D eigenvalue weighted by molar-refractivity contribution is 6.30. The Bertz CT molecular complexity index is 568. The molecule has 4 nitrogen and oxygen atoms in total. The van der Waals surface area contributed by atoms with Crippen molar-refractivity contribution in [3.63, 3.8) is 0 Å². The van der Waals surface area contributed by atoms with Gasteiger partial charge < -0.3 is 0 Å². The topological polar surface area (TPSA) is 55.9 Å². The molecule has 0 aliphatic rings. The molecule has 0 radical (unpaired) electrons. The Labute approximate surface area is 116 Å². The van der Waals surface area contributed by atoms with E-state index in [1.54, 1.807) is 23.0 Å². The normalized spacial score (nSPS) is 12.9. The highest BCUT2D eigenvalue weighted by Gasteiger charge is 2.21. The maximum Gasteiger partial charge on any atom is 0.129 e. The monoisotopic (exact) mass is 282 g/mol. The summed E-state index contributed by atoms with van der Waals surface area (Å²) in [6, 6.07) is 6.05. The van der Waals surface area contributed by atoms with Crippen molar-refractivity contribution in [1.82, 2.24) is 15.2 Å². The molecule has 3 N–H and O–H groups in total. The molecule has 1 heterocycles. The lowest BCUT2D eigenvalue weighted by atomic mass is 10.0. The lowest BCUT2D eigenvalue weighted by molar-refractivity contribution is 0.467. The predicted molar refractivity (Wildman–Crippen MR) is 73.2 cm³/mol. The van der Waals surface area contributed by atoms with Gasteiger partial charge in [0.2, 0.25) is 0 Å². The van der Waals surface area contributed by atoms with E-state index in [0.29, 0.717) is 10.6 Å². The molecular weight excluding hydrogens is 267 g/mol. The molecule has 6 heteroatoms. The molecule has 1 unspecified atom stereocenters. The SMILES string of the molecule is CC(C)n1nccc1C(NN)c1ccc(Cl)cc1F. The quantitative estimate of drug-likeness (QED) is 0.670. The van der Waals surface area contributed by atoms with Crippen LogP contribution < -0.4 is 11.3 Å². The summed E-state index contributed by atoms with van der Waals surface area (Å²) in [5, 5.41) is 4.59. The van der Waals surface area contributed by atoms with E-state index in [-0.39, 0.29) is 6.04 Å².